The Labute approximate surface area is 124 Å². The van der Waals surface area contributed by atoms with Crippen molar-refractivity contribution in [2.24, 2.45) is 5.73 Å². The van der Waals surface area contributed by atoms with Gasteiger partial charge in [0.05, 0.1) is 5.56 Å². The molecule has 0 heterocycles. The van der Waals surface area contributed by atoms with Crippen molar-refractivity contribution in [1.82, 2.24) is 4.90 Å². The number of carbonyl (C=O) groups excluding carboxylic acids is 3. The summed E-state index contributed by atoms with van der Waals surface area (Å²) >= 11 is 0. The molecule has 0 saturated heterocycles. The van der Waals surface area contributed by atoms with Gasteiger partial charge < -0.3 is 11.1 Å². The number of benzene rings is 1. The van der Waals surface area contributed by atoms with E-state index < -0.39 is 23.6 Å². The molecular weight excluding hydrogens is 303 g/mol. The molecule has 0 radical (unpaired) electrons. The molecule has 0 aliphatic rings. The van der Waals surface area contributed by atoms with Crippen LogP contribution in [0.5, 0.6) is 0 Å². The van der Waals surface area contributed by atoms with Crippen LogP contribution < -0.4 is 11.1 Å². The second-order valence-corrected chi connectivity index (χ2v) is 4.28. The third kappa shape index (κ3) is 4.85. The van der Waals surface area contributed by atoms with Crippen molar-refractivity contribution in [3.63, 3.8) is 0 Å². The number of anilines is 1. The Morgan fingerprint density at radius 2 is 1.82 bits per heavy atom. The molecule has 6 nitrogen and oxygen atoms in total. The van der Waals surface area contributed by atoms with Gasteiger partial charge in [0, 0.05) is 12.2 Å². The third-order valence-electron chi connectivity index (χ3n) is 2.66. The molecule has 0 atom stereocenters. The number of nitrogens with zero attached hydrogens (tertiary/aromatic N) is 1. The smallest absolute Gasteiger partial charge is 0.330 e. The topological polar surface area (TPSA) is 92.5 Å². The van der Waals surface area contributed by atoms with Crippen molar-refractivity contribution < 1.29 is 27.6 Å². The number of nitrogens with one attached hydrogen (secondary N) is 1. The number of halogens is 3. The minimum atomic E-state index is -4.49. The lowest BCUT2D eigenvalue weighted by Gasteiger charge is -2.14. The highest BCUT2D eigenvalue weighted by atomic mass is 19.4. The standard InChI is InChI=1S/C13H14F3N3O3/c14-13(15,16)9-2-4-10(5-3-9)18-11(21)12(22)19(8-20)7-1-6-17/h2-5,8H,1,6-7,17H2,(H,18,21). The van der Waals surface area contributed by atoms with E-state index in [9.17, 15) is 27.6 Å². The summed E-state index contributed by atoms with van der Waals surface area (Å²) in [4.78, 5) is 34.7. The van der Waals surface area contributed by atoms with Crippen LogP contribution in [0.1, 0.15) is 12.0 Å². The van der Waals surface area contributed by atoms with Crippen molar-refractivity contribution in [2.45, 2.75) is 12.6 Å². The Balaban J connectivity index is 2.71. The minimum absolute atomic E-state index is 0.0102. The molecule has 0 aromatic heterocycles. The zero-order valence-corrected chi connectivity index (χ0v) is 11.4. The Morgan fingerprint density at radius 3 is 2.27 bits per heavy atom. The van der Waals surface area contributed by atoms with E-state index in [1.54, 1.807) is 0 Å². The Bertz CT molecular complexity index is 544. The molecule has 0 unspecified atom stereocenters. The molecule has 22 heavy (non-hydrogen) atoms. The number of hydrogen-bond donors (Lipinski definition) is 2. The average molecular weight is 317 g/mol. The molecule has 1 aromatic carbocycles. The molecular formula is C13H14F3N3O3. The normalized spacial score (nSPS) is 10.9. The molecule has 0 aliphatic carbocycles. The lowest BCUT2D eigenvalue weighted by atomic mass is 10.2. The molecule has 0 bridgehead atoms. The van der Waals surface area contributed by atoms with E-state index in [0.717, 1.165) is 24.3 Å². The van der Waals surface area contributed by atoms with E-state index in [1.165, 1.54) is 0 Å². The maximum absolute atomic E-state index is 12.4. The van der Waals surface area contributed by atoms with Gasteiger partial charge in [-0.25, -0.2) is 0 Å². The molecule has 0 fully saturated rings. The first-order valence-corrected chi connectivity index (χ1v) is 6.24. The molecule has 120 valence electrons. The average Bonchev–Trinajstić information content (AvgIpc) is 2.47. The van der Waals surface area contributed by atoms with Gasteiger partial charge in [-0.15, -0.1) is 0 Å². The first-order chi connectivity index (χ1) is 10.3. The van der Waals surface area contributed by atoms with Crippen molar-refractivity contribution in [3.8, 4) is 0 Å². The lowest BCUT2D eigenvalue weighted by Crippen LogP contribution is -2.39. The van der Waals surface area contributed by atoms with Gasteiger partial charge >= 0.3 is 18.0 Å². The van der Waals surface area contributed by atoms with E-state index in [4.69, 9.17) is 5.73 Å². The Hall–Kier alpha value is -2.42. The van der Waals surface area contributed by atoms with Gasteiger partial charge in [-0.3, -0.25) is 19.3 Å². The fourth-order valence-corrected chi connectivity index (χ4v) is 1.52. The molecule has 3 amide bonds. The van der Waals surface area contributed by atoms with E-state index in [1.807, 2.05) is 0 Å². The fraction of sp³-hybridized carbons (Fsp3) is 0.308. The van der Waals surface area contributed by atoms with Gasteiger partial charge in [0.25, 0.3) is 0 Å². The van der Waals surface area contributed by atoms with Crippen molar-refractivity contribution >= 4 is 23.9 Å². The van der Waals surface area contributed by atoms with Crippen LogP contribution in [0.3, 0.4) is 0 Å². The number of amides is 3. The van der Waals surface area contributed by atoms with Crippen LogP contribution in [0, 0.1) is 0 Å². The highest BCUT2D eigenvalue weighted by Gasteiger charge is 2.30. The summed E-state index contributed by atoms with van der Waals surface area (Å²) in [6.07, 6.45) is -3.96. The first-order valence-electron chi connectivity index (χ1n) is 6.24. The van der Waals surface area contributed by atoms with Crippen LogP contribution in [0.2, 0.25) is 0 Å². The largest absolute Gasteiger partial charge is 0.416 e. The fourth-order valence-electron chi connectivity index (χ4n) is 1.52. The van der Waals surface area contributed by atoms with Crippen LogP contribution in [0.4, 0.5) is 18.9 Å². The van der Waals surface area contributed by atoms with Gasteiger partial charge in [-0.2, -0.15) is 13.2 Å². The summed E-state index contributed by atoms with van der Waals surface area (Å²) in [5.41, 5.74) is 4.36. The van der Waals surface area contributed by atoms with Gasteiger partial charge in [0.1, 0.15) is 0 Å². The summed E-state index contributed by atoms with van der Waals surface area (Å²) < 4.78 is 37.1. The zero-order chi connectivity index (χ0) is 16.8. The van der Waals surface area contributed by atoms with E-state index in [-0.39, 0.29) is 25.2 Å². The summed E-state index contributed by atoms with van der Waals surface area (Å²) in [7, 11) is 0. The van der Waals surface area contributed by atoms with Crippen LogP contribution in [0.15, 0.2) is 24.3 Å². The number of rotatable bonds is 5. The number of hydrogen-bond acceptors (Lipinski definition) is 4. The predicted octanol–water partition coefficient (Wildman–Crippen LogP) is 0.978. The number of nitrogens with two attached hydrogens (primary N) is 1. The molecule has 0 aliphatic heterocycles. The predicted molar refractivity (Wildman–Crippen MR) is 71.5 cm³/mol. The SMILES string of the molecule is NCCCN(C=O)C(=O)C(=O)Nc1ccc(C(F)(F)F)cc1. The number of alkyl halides is 3. The Morgan fingerprint density at radius 1 is 1.23 bits per heavy atom. The number of imide groups is 1. The van der Waals surface area contributed by atoms with Gasteiger partial charge in [-0.05, 0) is 37.2 Å². The van der Waals surface area contributed by atoms with Crippen LogP contribution in [0.25, 0.3) is 0 Å². The van der Waals surface area contributed by atoms with E-state index in [0.29, 0.717) is 11.3 Å². The molecule has 1 rings (SSSR count). The first kappa shape index (κ1) is 17.6. The van der Waals surface area contributed by atoms with E-state index >= 15 is 0 Å². The number of carbonyl (C=O) groups is 3. The second-order valence-electron chi connectivity index (χ2n) is 4.28. The molecule has 3 N–H and O–H groups in total. The summed E-state index contributed by atoms with van der Waals surface area (Å²) in [6.45, 7) is 0.220. The highest BCUT2D eigenvalue weighted by molar-refractivity contribution is 6.41. The van der Waals surface area contributed by atoms with E-state index in [2.05, 4.69) is 5.32 Å². The monoisotopic (exact) mass is 317 g/mol. The maximum atomic E-state index is 12.4. The minimum Gasteiger partial charge on any atom is -0.330 e. The zero-order valence-electron chi connectivity index (χ0n) is 11.4. The molecule has 9 heteroatoms. The third-order valence-corrected chi connectivity index (χ3v) is 2.66. The van der Waals surface area contributed by atoms with Gasteiger partial charge in [-0.1, -0.05) is 0 Å². The van der Waals surface area contributed by atoms with Crippen molar-refractivity contribution in [1.29, 1.82) is 0 Å². The second kappa shape index (κ2) is 7.55. The van der Waals surface area contributed by atoms with Crippen molar-refractivity contribution in [3.05, 3.63) is 29.8 Å². The maximum Gasteiger partial charge on any atom is 0.416 e. The Kier molecular flexibility index (Phi) is 6.05. The highest BCUT2D eigenvalue weighted by Crippen LogP contribution is 2.29. The van der Waals surface area contributed by atoms with Crippen LogP contribution in [-0.4, -0.2) is 36.2 Å². The summed E-state index contributed by atoms with van der Waals surface area (Å²) in [6, 6.07) is 3.57. The summed E-state index contributed by atoms with van der Waals surface area (Å²) in [5.74, 6) is -2.23. The molecule has 1 aromatic rings. The quantitative estimate of drug-likeness (QED) is 0.625. The van der Waals surface area contributed by atoms with Gasteiger partial charge in [0.2, 0.25) is 6.41 Å². The molecule has 0 spiro atoms. The van der Waals surface area contributed by atoms with Crippen molar-refractivity contribution in [2.75, 3.05) is 18.4 Å². The van der Waals surface area contributed by atoms with Gasteiger partial charge in [0.15, 0.2) is 0 Å². The van der Waals surface area contributed by atoms with Crippen LogP contribution >= 0.6 is 0 Å². The van der Waals surface area contributed by atoms with Crippen LogP contribution in [-0.2, 0) is 20.6 Å². The lowest BCUT2D eigenvalue weighted by molar-refractivity contribution is -0.146. The summed E-state index contributed by atoms with van der Waals surface area (Å²) in [5, 5.41) is 2.12. The molecule has 0 saturated carbocycles.